The van der Waals surface area contributed by atoms with E-state index in [0.717, 1.165) is 0 Å². The van der Waals surface area contributed by atoms with Crippen molar-refractivity contribution in [1.82, 2.24) is 4.90 Å². The van der Waals surface area contributed by atoms with Crippen LogP contribution in [0.4, 0.5) is 0 Å². The average Bonchev–Trinajstić information content (AvgIpc) is 2.88. The van der Waals surface area contributed by atoms with E-state index in [4.69, 9.17) is 10.5 Å². The number of carbonyl (C=O) groups is 4. The first kappa shape index (κ1) is 31.2. The number of nitrogens with zero attached hydrogens (tertiary/aromatic N) is 1. The zero-order valence-corrected chi connectivity index (χ0v) is 24.4. The molecule has 0 bridgehead atoms. The lowest BCUT2D eigenvalue weighted by Crippen LogP contribution is -2.70. The number of primary amides is 1. The predicted molar refractivity (Wildman–Crippen MR) is 149 cm³/mol. The number of Topliss-reactive ketones (excluding diaryl/α,β-unsaturated/α-hetero) is 2. The second-order valence-electron chi connectivity index (χ2n) is 12.1. The first-order chi connectivity index (χ1) is 19.5. The molecule has 228 valence electrons. The summed E-state index contributed by atoms with van der Waals surface area (Å²) in [6.07, 6.45) is -1.52. The molecule has 42 heavy (non-hydrogen) atoms. The molecule has 0 aliphatic heterocycles. The fourth-order valence-corrected chi connectivity index (χ4v) is 6.86. The normalized spacial score (nSPS) is 29.8. The fourth-order valence-electron chi connectivity index (χ4n) is 6.86. The van der Waals surface area contributed by atoms with Gasteiger partial charge in [-0.15, -0.1) is 0 Å². The third kappa shape index (κ3) is 4.48. The van der Waals surface area contributed by atoms with Crippen molar-refractivity contribution in [3.8, 4) is 5.75 Å². The Morgan fingerprint density at radius 1 is 1.12 bits per heavy atom. The Hall–Kier alpha value is -3.74. The molecule has 0 spiro atoms. The van der Waals surface area contributed by atoms with Crippen LogP contribution < -0.4 is 5.73 Å². The number of ketones is 2. The van der Waals surface area contributed by atoms with E-state index in [-0.39, 0.29) is 17.0 Å². The molecule has 3 aliphatic carbocycles. The smallest absolute Gasteiger partial charge is 0.303 e. The van der Waals surface area contributed by atoms with Gasteiger partial charge >= 0.3 is 5.97 Å². The number of amides is 1. The third-order valence-electron chi connectivity index (χ3n) is 8.82. The summed E-state index contributed by atoms with van der Waals surface area (Å²) in [6.45, 7) is 6.86. The summed E-state index contributed by atoms with van der Waals surface area (Å²) in [6, 6.07) is 1.74. The van der Waals surface area contributed by atoms with E-state index >= 15 is 0 Å². The standard InChI is InChI=1S/C30H38N2O10/c1-11(2)7-10-16(42-13(4)33)15-9-8-14-12(3)17-19(24(35)18(14)23(15)34)27(38)30(41)21(25(17)36)22(32(5)6)26(37)20(28(30)39)29(31)40/h8-9,11-12,16-17,21-22,25,34-36,39,41H,7,10H2,1-6H3,(H2,31,40)/t12-,16?,17+,21+,22-,25-,30-/m0/s1. The van der Waals surface area contributed by atoms with E-state index in [2.05, 4.69) is 0 Å². The number of likely N-dealkylation sites (N-methyl/N-ethyl adjacent to an activating group) is 1. The Kier molecular flexibility index (Phi) is 8.04. The van der Waals surface area contributed by atoms with Crippen LogP contribution in [0, 0.1) is 17.8 Å². The molecular weight excluding hydrogens is 548 g/mol. The number of aromatic hydroxyl groups is 1. The molecule has 0 heterocycles. The first-order valence-corrected chi connectivity index (χ1v) is 13.8. The number of hydrogen-bond donors (Lipinski definition) is 6. The second kappa shape index (κ2) is 10.8. The first-order valence-electron chi connectivity index (χ1n) is 13.8. The summed E-state index contributed by atoms with van der Waals surface area (Å²) in [5, 5.41) is 57.5. The average molecular weight is 587 g/mol. The molecule has 1 aromatic carbocycles. The van der Waals surface area contributed by atoms with Gasteiger partial charge in [0.05, 0.1) is 23.6 Å². The van der Waals surface area contributed by atoms with Crippen LogP contribution in [0.25, 0.3) is 5.76 Å². The highest BCUT2D eigenvalue weighted by Crippen LogP contribution is 2.56. The molecule has 1 amide bonds. The van der Waals surface area contributed by atoms with Crippen molar-refractivity contribution >= 4 is 29.2 Å². The van der Waals surface area contributed by atoms with Gasteiger partial charge in [-0.3, -0.25) is 24.1 Å². The number of ether oxygens (including phenoxy) is 1. The highest BCUT2D eigenvalue weighted by Gasteiger charge is 2.68. The third-order valence-corrected chi connectivity index (χ3v) is 8.82. The SMILES string of the molecule is CC(=O)OC(CCC(C)C)c1ccc2c(c1O)C(O)=C1C(=O)[C@]3(O)C(O)=C(C(N)=O)C(=O)[C@@H](N(C)C)[C@@H]3[C@@H](O)[C@@H]1[C@H]2C. The van der Waals surface area contributed by atoms with Crippen molar-refractivity contribution in [1.29, 1.82) is 0 Å². The van der Waals surface area contributed by atoms with Gasteiger partial charge in [0, 0.05) is 24.0 Å². The summed E-state index contributed by atoms with van der Waals surface area (Å²) in [7, 11) is 2.89. The minimum atomic E-state index is -2.99. The Labute approximate surface area is 243 Å². The summed E-state index contributed by atoms with van der Waals surface area (Å²) >= 11 is 0. The lowest BCUT2D eigenvalue weighted by atomic mass is 9.54. The number of fused-ring (bicyclic) bond motifs is 3. The molecule has 1 unspecified atom stereocenters. The van der Waals surface area contributed by atoms with Crippen LogP contribution in [0.15, 0.2) is 29.0 Å². The minimum absolute atomic E-state index is 0.148. The Morgan fingerprint density at radius 3 is 2.26 bits per heavy atom. The van der Waals surface area contributed by atoms with E-state index in [0.29, 0.717) is 18.4 Å². The van der Waals surface area contributed by atoms with Gasteiger partial charge in [0.2, 0.25) is 5.78 Å². The number of benzene rings is 1. The van der Waals surface area contributed by atoms with Crippen LogP contribution in [0.5, 0.6) is 5.75 Å². The van der Waals surface area contributed by atoms with E-state index in [1.807, 2.05) is 13.8 Å². The molecule has 1 saturated carbocycles. The molecule has 7 atom stereocenters. The van der Waals surface area contributed by atoms with Crippen LogP contribution >= 0.6 is 0 Å². The molecule has 1 fully saturated rings. The molecule has 12 heteroatoms. The predicted octanol–water partition coefficient (Wildman–Crippen LogP) is 1.54. The molecule has 12 nitrogen and oxygen atoms in total. The van der Waals surface area contributed by atoms with Gasteiger partial charge in [0.15, 0.2) is 11.4 Å². The van der Waals surface area contributed by atoms with Gasteiger partial charge in [-0.05, 0) is 44.3 Å². The maximum Gasteiger partial charge on any atom is 0.303 e. The lowest BCUT2D eigenvalue weighted by molar-refractivity contribution is -0.169. The van der Waals surface area contributed by atoms with Crippen molar-refractivity contribution in [3.05, 3.63) is 45.7 Å². The number of aliphatic hydroxyl groups is 4. The highest BCUT2D eigenvalue weighted by atomic mass is 16.5. The van der Waals surface area contributed by atoms with E-state index in [1.54, 1.807) is 19.1 Å². The molecule has 4 rings (SSSR count). The number of phenols is 1. The Bertz CT molecular complexity index is 1430. The van der Waals surface area contributed by atoms with Crippen molar-refractivity contribution in [2.75, 3.05) is 14.1 Å². The number of rotatable bonds is 7. The van der Waals surface area contributed by atoms with E-state index < -0.39 is 93.5 Å². The van der Waals surface area contributed by atoms with Crippen LogP contribution in [0.1, 0.15) is 69.2 Å². The summed E-state index contributed by atoms with van der Waals surface area (Å²) < 4.78 is 5.48. The summed E-state index contributed by atoms with van der Waals surface area (Å²) in [5.74, 6) is -9.92. The number of carbonyl (C=O) groups excluding carboxylic acids is 4. The van der Waals surface area contributed by atoms with E-state index in [9.17, 15) is 44.7 Å². The second-order valence-corrected chi connectivity index (χ2v) is 12.1. The van der Waals surface area contributed by atoms with Gasteiger partial charge in [-0.25, -0.2) is 0 Å². The molecule has 0 radical (unpaired) electrons. The van der Waals surface area contributed by atoms with Gasteiger partial charge < -0.3 is 36.0 Å². The quantitative estimate of drug-likeness (QED) is 0.199. The molecule has 0 saturated heterocycles. The van der Waals surface area contributed by atoms with Gasteiger partial charge in [0.1, 0.15) is 28.9 Å². The molecule has 3 aliphatic rings. The van der Waals surface area contributed by atoms with Crippen LogP contribution in [0.3, 0.4) is 0 Å². The highest BCUT2D eigenvalue weighted by molar-refractivity contribution is 6.24. The maximum atomic E-state index is 14.1. The number of phenolic OH excluding ortho intramolecular Hbond substituents is 1. The molecular formula is C30H38N2O10. The van der Waals surface area contributed by atoms with Gasteiger partial charge in [-0.1, -0.05) is 32.9 Å². The van der Waals surface area contributed by atoms with Crippen LogP contribution in [-0.2, 0) is 23.9 Å². The summed E-state index contributed by atoms with van der Waals surface area (Å²) in [4.78, 5) is 52.8. The fraction of sp³-hybridized carbons (Fsp3) is 0.533. The van der Waals surface area contributed by atoms with Crippen molar-refractivity contribution in [3.63, 3.8) is 0 Å². The monoisotopic (exact) mass is 586 g/mol. The molecule has 7 N–H and O–H groups in total. The molecule has 0 aromatic heterocycles. The van der Waals surface area contributed by atoms with Crippen molar-refractivity contribution < 1.29 is 49.4 Å². The van der Waals surface area contributed by atoms with Crippen molar-refractivity contribution in [2.45, 2.75) is 70.3 Å². The minimum Gasteiger partial charge on any atom is -0.508 e. The number of nitrogens with two attached hydrogens (primary N) is 1. The number of esters is 1. The number of aliphatic hydroxyl groups excluding tert-OH is 3. The van der Waals surface area contributed by atoms with Crippen LogP contribution in [-0.4, -0.2) is 85.7 Å². The molecule has 1 aromatic rings. The zero-order chi connectivity index (χ0) is 31.6. The van der Waals surface area contributed by atoms with Crippen molar-refractivity contribution in [2.24, 2.45) is 23.5 Å². The lowest BCUT2D eigenvalue weighted by Gasteiger charge is -2.53. The largest absolute Gasteiger partial charge is 0.508 e. The van der Waals surface area contributed by atoms with E-state index in [1.165, 1.54) is 25.9 Å². The maximum absolute atomic E-state index is 14.1. The van der Waals surface area contributed by atoms with Gasteiger partial charge in [0.25, 0.3) is 5.91 Å². The summed E-state index contributed by atoms with van der Waals surface area (Å²) in [5.41, 5.74) is 1.31. The zero-order valence-electron chi connectivity index (χ0n) is 24.4. The Morgan fingerprint density at radius 2 is 1.74 bits per heavy atom. The topological polar surface area (TPSA) is 208 Å². The van der Waals surface area contributed by atoms with Gasteiger partial charge in [-0.2, -0.15) is 0 Å². The van der Waals surface area contributed by atoms with Crippen LogP contribution in [0.2, 0.25) is 0 Å². The Balaban J connectivity index is 1.97. The number of hydrogen-bond acceptors (Lipinski definition) is 11.